The summed E-state index contributed by atoms with van der Waals surface area (Å²) in [6, 6.07) is 20.9. The van der Waals surface area contributed by atoms with Crippen LogP contribution in [0.2, 0.25) is 0 Å². The van der Waals surface area contributed by atoms with Crippen LogP contribution in [0.25, 0.3) is 27.7 Å². The van der Waals surface area contributed by atoms with Gasteiger partial charge in [-0.3, -0.25) is 9.48 Å². The standard InChI is InChI=1S/C30H22F4N6O/c1-17-28(18(2)39(37-17)16-19-7-11-23(31)12-8-19)36-29(41)25-15-27-35-24(14-26(30(32,33)34)40(27)38-25)22-10-9-20-5-3-4-6-21(20)13-22/h3-15H,16H2,1-2H3,(H,36,41). The number of alkyl halides is 3. The summed E-state index contributed by atoms with van der Waals surface area (Å²) in [7, 11) is 0. The Morgan fingerprint density at radius 3 is 2.37 bits per heavy atom. The molecule has 0 unspecified atom stereocenters. The summed E-state index contributed by atoms with van der Waals surface area (Å²) < 4.78 is 57.9. The Hall–Kier alpha value is -5.06. The van der Waals surface area contributed by atoms with Crippen molar-refractivity contribution in [3.8, 4) is 11.3 Å². The lowest BCUT2D eigenvalue weighted by molar-refractivity contribution is -0.142. The summed E-state index contributed by atoms with van der Waals surface area (Å²) in [5.74, 6) is -1.06. The van der Waals surface area contributed by atoms with Crippen molar-refractivity contribution in [2.24, 2.45) is 0 Å². The Morgan fingerprint density at radius 2 is 1.63 bits per heavy atom. The molecule has 0 spiro atoms. The lowest BCUT2D eigenvalue weighted by Gasteiger charge is -2.11. The van der Waals surface area contributed by atoms with Crippen LogP contribution in [-0.2, 0) is 12.7 Å². The van der Waals surface area contributed by atoms with Crippen molar-refractivity contribution in [3.63, 3.8) is 0 Å². The van der Waals surface area contributed by atoms with Crippen LogP contribution in [0.3, 0.4) is 0 Å². The molecule has 0 atom stereocenters. The highest BCUT2D eigenvalue weighted by atomic mass is 19.4. The maximum absolute atomic E-state index is 14.1. The fourth-order valence-electron chi connectivity index (χ4n) is 4.76. The Balaban J connectivity index is 1.34. The van der Waals surface area contributed by atoms with Crippen LogP contribution in [0.1, 0.15) is 33.1 Å². The molecule has 6 aromatic rings. The van der Waals surface area contributed by atoms with Crippen molar-refractivity contribution in [3.05, 3.63) is 113 Å². The van der Waals surface area contributed by atoms with Crippen LogP contribution < -0.4 is 5.32 Å². The molecule has 0 fully saturated rings. The van der Waals surface area contributed by atoms with E-state index in [1.807, 2.05) is 30.3 Å². The van der Waals surface area contributed by atoms with Gasteiger partial charge in [0.2, 0.25) is 0 Å². The molecule has 1 amide bonds. The number of anilines is 1. The number of amides is 1. The van der Waals surface area contributed by atoms with Crippen LogP contribution >= 0.6 is 0 Å². The predicted octanol–water partition coefficient (Wildman–Crippen LogP) is 6.82. The summed E-state index contributed by atoms with van der Waals surface area (Å²) in [5, 5.41) is 13.0. The van der Waals surface area contributed by atoms with Crippen LogP contribution in [0.5, 0.6) is 0 Å². The lowest BCUT2D eigenvalue weighted by Crippen LogP contribution is -2.16. The SMILES string of the molecule is Cc1nn(Cc2ccc(F)cc2)c(C)c1NC(=O)c1cc2nc(-c3ccc4ccccc4c3)cc(C(F)(F)F)n2n1. The average Bonchev–Trinajstić information content (AvgIpc) is 3.49. The van der Waals surface area contributed by atoms with Crippen molar-refractivity contribution in [2.45, 2.75) is 26.6 Å². The predicted molar refractivity (Wildman–Crippen MR) is 146 cm³/mol. The van der Waals surface area contributed by atoms with E-state index in [1.165, 1.54) is 18.2 Å². The van der Waals surface area contributed by atoms with E-state index in [0.29, 0.717) is 33.7 Å². The van der Waals surface area contributed by atoms with E-state index in [2.05, 4.69) is 20.5 Å². The third-order valence-corrected chi connectivity index (χ3v) is 6.86. The second-order valence-electron chi connectivity index (χ2n) is 9.67. The first-order valence-electron chi connectivity index (χ1n) is 12.6. The number of carbonyl (C=O) groups is 1. The Bertz CT molecular complexity index is 1940. The molecule has 1 N–H and O–H groups in total. The molecule has 0 bridgehead atoms. The van der Waals surface area contributed by atoms with Gasteiger partial charge in [-0.1, -0.05) is 48.5 Å². The number of rotatable bonds is 5. The van der Waals surface area contributed by atoms with Crippen molar-refractivity contribution in [1.82, 2.24) is 24.4 Å². The Labute approximate surface area is 231 Å². The Morgan fingerprint density at radius 1 is 0.902 bits per heavy atom. The first kappa shape index (κ1) is 26.2. The molecule has 41 heavy (non-hydrogen) atoms. The molecule has 0 saturated heterocycles. The van der Waals surface area contributed by atoms with Gasteiger partial charge in [0.15, 0.2) is 17.0 Å². The number of aromatic nitrogens is 5. The summed E-state index contributed by atoms with van der Waals surface area (Å²) >= 11 is 0. The van der Waals surface area contributed by atoms with Gasteiger partial charge in [-0.15, -0.1) is 0 Å². The van der Waals surface area contributed by atoms with Gasteiger partial charge in [0.05, 0.1) is 29.3 Å². The first-order valence-corrected chi connectivity index (χ1v) is 12.6. The highest BCUT2D eigenvalue weighted by molar-refractivity contribution is 6.04. The number of aryl methyl sites for hydroxylation is 1. The molecule has 3 heterocycles. The van der Waals surface area contributed by atoms with E-state index in [-0.39, 0.29) is 22.9 Å². The topological polar surface area (TPSA) is 77.1 Å². The van der Waals surface area contributed by atoms with E-state index in [4.69, 9.17) is 0 Å². The Kier molecular flexibility index (Phi) is 6.29. The largest absolute Gasteiger partial charge is 0.433 e. The van der Waals surface area contributed by atoms with Gasteiger partial charge in [0.25, 0.3) is 5.91 Å². The number of halogens is 4. The van der Waals surface area contributed by atoms with Gasteiger partial charge in [0, 0.05) is 11.6 Å². The number of carbonyl (C=O) groups excluding carboxylic acids is 1. The van der Waals surface area contributed by atoms with Gasteiger partial charge in [-0.2, -0.15) is 23.4 Å². The highest BCUT2D eigenvalue weighted by Crippen LogP contribution is 2.33. The zero-order valence-corrected chi connectivity index (χ0v) is 21.9. The second-order valence-corrected chi connectivity index (χ2v) is 9.67. The number of nitrogens with zero attached hydrogens (tertiary/aromatic N) is 5. The fraction of sp³-hybridized carbons (Fsp3) is 0.133. The van der Waals surface area contributed by atoms with Crippen LogP contribution in [0, 0.1) is 19.7 Å². The zero-order valence-electron chi connectivity index (χ0n) is 21.9. The smallest absolute Gasteiger partial charge is 0.317 e. The maximum atomic E-state index is 14.1. The van der Waals surface area contributed by atoms with E-state index < -0.39 is 17.8 Å². The molecular formula is C30H22F4N6O. The zero-order chi connectivity index (χ0) is 28.9. The van der Waals surface area contributed by atoms with Gasteiger partial charge < -0.3 is 5.32 Å². The van der Waals surface area contributed by atoms with Crippen molar-refractivity contribution >= 4 is 28.0 Å². The number of fused-ring (bicyclic) bond motifs is 2. The van der Waals surface area contributed by atoms with Gasteiger partial charge in [-0.05, 0) is 54.4 Å². The minimum atomic E-state index is -4.75. The molecule has 11 heteroatoms. The molecule has 3 aromatic heterocycles. The van der Waals surface area contributed by atoms with E-state index >= 15 is 0 Å². The van der Waals surface area contributed by atoms with E-state index in [9.17, 15) is 22.4 Å². The fourth-order valence-corrected chi connectivity index (χ4v) is 4.76. The maximum Gasteiger partial charge on any atom is 0.433 e. The minimum Gasteiger partial charge on any atom is -0.317 e. The minimum absolute atomic E-state index is 0.108. The molecule has 206 valence electrons. The lowest BCUT2D eigenvalue weighted by atomic mass is 10.0. The molecule has 0 aliphatic carbocycles. The molecule has 3 aromatic carbocycles. The quantitative estimate of drug-likeness (QED) is 0.236. The van der Waals surface area contributed by atoms with Gasteiger partial charge in [-0.25, -0.2) is 13.9 Å². The second kappa shape index (κ2) is 9.84. The van der Waals surface area contributed by atoms with Crippen molar-refractivity contribution in [2.75, 3.05) is 5.32 Å². The van der Waals surface area contributed by atoms with E-state index in [1.54, 1.807) is 42.8 Å². The first-order chi connectivity index (χ1) is 19.6. The molecular weight excluding hydrogens is 536 g/mol. The van der Waals surface area contributed by atoms with Crippen LogP contribution in [0.4, 0.5) is 23.2 Å². The van der Waals surface area contributed by atoms with Crippen molar-refractivity contribution < 1.29 is 22.4 Å². The summed E-state index contributed by atoms with van der Waals surface area (Å²) in [5.41, 5.74) is 1.56. The summed E-state index contributed by atoms with van der Waals surface area (Å²) in [6.07, 6.45) is -4.75. The molecule has 0 saturated carbocycles. The number of benzene rings is 3. The van der Waals surface area contributed by atoms with Gasteiger partial charge >= 0.3 is 6.18 Å². The third kappa shape index (κ3) is 5.02. The van der Waals surface area contributed by atoms with E-state index in [0.717, 1.165) is 22.4 Å². The summed E-state index contributed by atoms with van der Waals surface area (Å²) in [6.45, 7) is 3.79. The van der Waals surface area contributed by atoms with Crippen molar-refractivity contribution in [1.29, 1.82) is 0 Å². The molecule has 7 nitrogen and oxygen atoms in total. The number of hydrogen-bond donors (Lipinski definition) is 1. The summed E-state index contributed by atoms with van der Waals surface area (Å²) in [4.78, 5) is 17.6. The van der Waals surface area contributed by atoms with Crippen LogP contribution in [-0.4, -0.2) is 30.3 Å². The third-order valence-electron chi connectivity index (χ3n) is 6.86. The number of hydrogen-bond acceptors (Lipinski definition) is 4. The molecule has 0 aliphatic heterocycles. The molecule has 0 aliphatic rings. The van der Waals surface area contributed by atoms with Gasteiger partial charge in [0.1, 0.15) is 5.82 Å². The average molecular weight is 559 g/mol. The highest BCUT2D eigenvalue weighted by Gasteiger charge is 2.36. The van der Waals surface area contributed by atoms with Crippen LogP contribution in [0.15, 0.2) is 78.9 Å². The monoisotopic (exact) mass is 558 g/mol. The normalized spacial score (nSPS) is 11.9. The number of nitrogens with one attached hydrogen (secondary N) is 1. The molecule has 6 rings (SSSR count). The molecule has 0 radical (unpaired) electrons.